The van der Waals surface area contributed by atoms with Gasteiger partial charge in [0, 0.05) is 139 Å². The summed E-state index contributed by atoms with van der Waals surface area (Å²) in [6, 6.07) is 71.3. The molecule has 0 aliphatic carbocycles. The number of aryl methyl sites for hydroxylation is 10. The van der Waals surface area contributed by atoms with Crippen molar-refractivity contribution in [1.82, 2.24) is 0 Å². The second kappa shape index (κ2) is 31.7. The van der Waals surface area contributed by atoms with Crippen LogP contribution in [0.1, 0.15) is 50.1 Å². The Morgan fingerprint density at radius 3 is 1.18 bits per heavy atom. The van der Waals surface area contributed by atoms with Crippen molar-refractivity contribution in [2.24, 2.45) is 35.2 Å². The number of rotatable bonds is 5. The number of nitrogens with zero attached hydrogens (tertiary/aromatic N) is 10. The van der Waals surface area contributed by atoms with E-state index in [1.165, 1.54) is 48.5 Å². The lowest BCUT2D eigenvalue weighted by Gasteiger charge is -2.06. The maximum Gasteiger partial charge on any atom is 0.264 e. The molecule has 0 bridgehead atoms. The topological polar surface area (TPSA) is 185 Å². The van der Waals surface area contributed by atoms with Crippen LogP contribution in [0.25, 0.3) is 171 Å². The van der Waals surface area contributed by atoms with Crippen LogP contribution in [0, 0.1) is 116 Å². The van der Waals surface area contributed by atoms with Gasteiger partial charge in [0.1, 0.15) is 133 Å². The van der Waals surface area contributed by atoms with Crippen molar-refractivity contribution in [2.75, 3.05) is 0 Å². The van der Waals surface area contributed by atoms with Gasteiger partial charge in [0.25, 0.3) is 5.69 Å². The molecule has 0 N–H and O–H groups in total. The molecule has 0 aliphatic heterocycles. The Labute approximate surface area is 683 Å². The molecule has 0 aliphatic rings. The molecule has 0 atom stereocenters. The third kappa shape index (κ3) is 14.1. The predicted octanol–water partition coefficient (Wildman–Crippen LogP) is 22.7. The normalized spacial score (nSPS) is 11.1. The Hall–Kier alpha value is -16.0. The van der Waals surface area contributed by atoms with E-state index in [9.17, 15) is 37.7 Å². The fourth-order valence-corrected chi connectivity index (χ4v) is 15.9. The molecule has 10 heterocycles. The zero-order valence-corrected chi connectivity index (χ0v) is 66.5. The van der Waals surface area contributed by atoms with Crippen LogP contribution in [0.2, 0.25) is 0 Å². The predicted molar refractivity (Wildman–Crippen MR) is 450 cm³/mol. The standard InChI is InChI=1S/5C20H14FN2O/c1-12-10-15-13-7-8-16(21)19(22-2)20(13)24-18(15)11-14(12)17-6-4-5-9-23(17)3;1-12-9-13(11-22)19-15-7-6-14(21)10-17(15)24-20(19)18(12)16-5-3-4-8-23(16)2;1-12-6-7-15-19-13(11-22)9-14(21)10-17(19)24-20(15)18(12)16-5-3-4-8-23(16)2;1-12-7-15-16-8-13(11-22)17(21)10-20(16)24-19(15)9-14(12)18-5-3-4-6-23(18)2;1-12-7-16-18(10-15(12)17-5-3-4-6-23(17)2)24-19-9-14(21)8-13(11-22)20(16)19/h4-11H,1,3H3;4*3-10H,1-2H3/q5*+1. The number of hydrogen-bond donors (Lipinski definition) is 0. The number of fused-ring (bicyclic) bond motifs is 15. The van der Waals surface area contributed by atoms with Crippen LogP contribution in [0.5, 0.6) is 0 Å². The van der Waals surface area contributed by atoms with Crippen molar-refractivity contribution < 1.29 is 66.9 Å². The lowest BCUT2D eigenvalue weighted by molar-refractivity contribution is -0.660. The van der Waals surface area contributed by atoms with E-state index in [0.29, 0.717) is 77.7 Å². The van der Waals surface area contributed by atoms with Crippen LogP contribution in [-0.4, -0.2) is 0 Å². The minimum absolute atomic E-state index is 0.0291. The van der Waals surface area contributed by atoms with E-state index in [4.69, 9.17) is 33.9 Å². The summed E-state index contributed by atoms with van der Waals surface area (Å²) in [5.74, 6) is -2.41. The molecule has 0 saturated heterocycles. The first kappa shape index (κ1) is 78.0. The molecule has 0 radical (unpaired) electrons. The first-order valence-electron chi connectivity index (χ1n) is 38.0. The third-order valence-corrected chi connectivity index (χ3v) is 21.7. The number of pyridine rings is 5. The zero-order chi connectivity index (χ0) is 84.2. The molecular weight excluding hydrogens is 1520 g/mol. The minimum atomic E-state index is -0.560. The van der Waals surface area contributed by atoms with Gasteiger partial charge >= 0.3 is 0 Å². The summed E-state index contributed by atoms with van der Waals surface area (Å²) in [4.78, 5) is 3.29. The molecule has 15 nitrogen and oxygen atoms in total. The Kier molecular flexibility index (Phi) is 20.6. The minimum Gasteiger partial charge on any atom is -0.467 e. The second-order valence-electron chi connectivity index (χ2n) is 29.4. The first-order valence-corrected chi connectivity index (χ1v) is 38.0. The Morgan fingerprint density at radius 2 is 0.675 bits per heavy atom. The van der Waals surface area contributed by atoms with E-state index < -0.39 is 23.3 Å². The van der Waals surface area contributed by atoms with Gasteiger partial charge in [0.2, 0.25) is 28.5 Å². The molecule has 0 amide bonds. The molecule has 0 fully saturated rings. The summed E-state index contributed by atoms with van der Waals surface area (Å²) in [5.41, 5.74) is 21.8. The van der Waals surface area contributed by atoms with Gasteiger partial charge in [-0.15, -0.1) is 0 Å². The molecule has 20 heteroatoms. The van der Waals surface area contributed by atoms with Crippen molar-refractivity contribution in [3.8, 4) is 80.6 Å². The summed E-state index contributed by atoms with van der Waals surface area (Å²) < 4.78 is 108. The van der Waals surface area contributed by atoms with Crippen molar-refractivity contribution in [3.63, 3.8) is 0 Å². The van der Waals surface area contributed by atoms with Crippen LogP contribution in [0.15, 0.2) is 265 Å². The maximum atomic E-state index is 13.8. The van der Waals surface area contributed by atoms with Crippen LogP contribution in [0.3, 0.4) is 0 Å². The molecule has 120 heavy (non-hydrogen) atoms. The largest absolute Gasteiger partial charge is 0.467 e. The van der Waals surface area contributed by atoms with Crippen LogP contribution in [-0.2, 0) is 35.2 Å². The van der Waals surface area contributed by atoms with Gasteiger partial charge in [-0.2, -0.15) is 21.0 Å². The number of furan rings is 5. The van der Waals surface area contributed by atoms with E-state index in [-0.39, 0.29) is 22.6 Å². The molecule has 20 aromatic rings. The number of aromatic nitrogens is 5. The molecular formula is C100H70F5N10O5+5. The monoisotopic (exact) mass is 1590 g/mol. The highest BCUT2D eigenvalue weighted by Crippen LogP contribution is 2.44. The molecule has 20 rings (SSSR count). The smallest absolute Gasteiger partial charge is 0.264 e. The first-order chi connectivity index (χ1) is 57.9. The lowest BCUT2D eigenvalue weighted by atomic mass is 9.97. The summed E-state index contributed by atoms with van der Waals surface area (Å²) >= 11 is 0. The van der Waals surface area contributed by atoms with Gasteiger partial charge in [-0.05, 0) is 172 Å². The zero-order valence-electron chi connectivity index (χ0n) is 66.5. The quantitative estimate of drug-likeness (QED) is 0.0919. The Morgan fingerprint density at radius 1 is 0.292 bits per heavy atom. The van der Waals surface area contributed by atoms with E-state index in [1.807, 2.05) is 275 Å². The van der Waals surface area contributed by atoms with Crippen molar-refractivity contribution in [1.29, 1.82) is 21.0 Å². The Balaban J connectivity index is 0.000000112. The van der Waals surface area contributed by atoms with Crippen LogP contribution in [0.4, 0.5) is 27.6 Å². The van der Waals surface area contributed by atoms with Gasteiger partial charge in [0.15, 0.2) is 36.6 Å². The SMILES string of the molecule is Cc1cc(C#N)c2c(oc3cc(F)ccc32)c1-c1cccc[n+]1C.Cc1cc2c(cc1-c1cccc[n+]1C)oc1cc(F)c(C#N)cc12.Cc1cc2c(cc1-c1cccc[n+]1C)oc1cc(F)cc(C#N)c12.Cc1ccc2c(oc3cc(F)cc(C#N)c32)c1-c1cccc[n+]1C.[C-]#[N+]c1c(F)ccc2c1oc1cc(-c3cccc[n+]3C)c(C)cc12. The molecule has 10 aromatic carbocycles. The van der Waals surface area contributed by atoms with Crippen LogP contribution < -0.4 is 22.8 Å². The van der Waals surface area contributed by atoms with Crippen molar-refractivity contribution in [3.05, 3.63) is 334 Å². The molecule has 0 unspecified atom stereocenters. The van der Waals surface area contributed by atoms with Crippen LogP contribution >= 0.6 is 0 Å². The summed E-state index contributed by atoms with van der Waals surface area (Å²) in [7, 11) is 9.90. The van der Waals surface area contributed by atoms with E-state index in [0.717, 1.165) is 127 Å². The van der Waals surface area contributed by atoms with Gasteiger partial charge in [-0.3, -0.25) is 0 Å². The maximum absolute atomic E-state index is 13.8. The van der Waals surface area contributed by atoms with Gasteiger partial charge < -0.3 is 22.1 Å². The molecule has 0 saturated carbocycles. The summed E-state index contributed by atoms with van der Waals surface area (Å²) in [5, 5.41) is 45.0. The van der Waals surface area contributed by atoms with E-state index in [1.54, 1.807) is 18.2 Å². The van der Waals surface area contributed by atoms with Gasteiger partial charge in [-0.1, -0.05) is 18.2 Å². The fourth-order valence-electron chi connectivity index (χ4n) is 15.9. The van der Waals surface area contributed by atoms with Crippen molar-refractivity contribution >= 4 is 115 Å². The molecule has 0 spiro atoms. The average molecular weight is 1590 g/mol. The lowest BCUT2D eigenvalue weighted by Crippen LogP contribution is -2.30. The molecule has 10 aromatic heterocycles. The highest BCUT2D eigenvalue weighted by molar-refractivity contribution is 6.15. The number of halogens is 5. The molecule has 580 valence electrons. The summed E-state index contributed by atoms with van der Waals surface area (Å²) in [6.45, 7) is 17.3. The average Bonchev–Trinajstić information content (AvgIpc) is 1.59. The number of nitriles is 4. The van der Waals surface area contributed by atoms with Gasteiger partial charge in [0.05, 0.1) is 62.7 Å². The van der Waals surface area contributed by atoms with Gasteiger partial charge in [-0.25, -0.2) is 49.6 Å². The number of benzene rings is 10. The summed E-state index contributed by atoms with van der Waals surface area (Å²) in [6.07, 6.45) is 9.90. The Bertz CT molecular complexity index is 7840. The van der Waals surface area contributed by atoms with E-state index >= 15 is 0 Å². The highest BCUT2D eigenvalue weighted by Gasteiger charge is 2.28. The third-order valence-electron chi connectivity index (χ3n) is 21.7. The fraction of sp³-hybridized carbons (Fsp3) is 0.100. The van der Waals surface area contributed by atoms with Crippen molar-refractivity contribution in [2.45, 2.75) is 34.6 Å². The highest BCUT2D eigenvalue weighted by atomic mass is 19.1. The second-order valence-corrected chi connectivity index (χ2v) is 29.4. The number of hydrogen-bond acceptors (Lipinski definition) is 9. The van der Waals surface area contributed by atoms with E-state index in [2.05, 4.69) is 23.1 Å².